The number of carbonyl (C=O) groups is 3. The molecule has 1 saturated heterocycles. The molecule has 1 rings (SSSR count). The predicted molar refractivity (Wildman–Crippen MR) is 86.0 cm³/mol. The minimum Gasteiger partial charge on any atom is -0.444 e. The number of ether oxygens (including phenoxy) is 1. The Morgan fingerprint density at radius 2 is 1.96 bits per heavy atom. The molecular weight excluding hydrogens is 300 g/mol. The first-order valence-electron chi connectivity index (χ1n) is 7.89. The van der Waals surface area contributed by atoms with E-state index >= 15 is 0 Å². The fourth-order valence-electron chi connectivity index (χ4n) is 2.43. The van der Waals surface area contributed by atoms with Crippen molar-refractivity contribution in [1.82, 2.24) is 20.9 Å². The number of rotatable bonds is 4. The van der Waals surface area contributed by atoms with Crippen molar-refractivity contribution in [2.24, 2.45) is 0 Å². The van der Waals surface area contributed by atoms with Gasteiger partial charge in [0, 0.05) is 26.2 Å². The molecule has 1 aliphatic heterocycles. The van der Waals surface area contributed by atoms with Gasteiger partial charge in [0.05, 0.1) is 0 Å². The lowest BCUT2D eigenvalue weighted by Crippen LogP contribution is -2.52. The summed E-state index contributed by atoms with van der Waals surface area (Å²) in [5, 5.41) is 7.75. The number of likely N-dealkylation sites (tertiary alicyclic amines) is 1. The number of hydrogen-bond acceptors (Lipinski definition) is 4. The number of urea groups is 1. The maximum absolute atomic E-state index is 12.5. The summed E-state index contributed by atoms with van der Waals surface area (Å²) in [7, 11) is 1.54. The Kier molecular flexibility index (Phi) is 6.65. The fraction of sp³-hybridized carbons (Fsp3) is 0.800. The van der Waals surface area contributed by atoms with Crippen LogP contribution in [0.1, 0.15) is 40.5 Å². The highest BCUT2D eigenvalue weighted by Gasteiger charge is 2.32. The van der Waals surface area contributed by atoms with Crippen LogP contribution in [0.5, 0.6) is 0 Å². The Hall–Kier alpha value is -1.99. The number of nitrogens with zero attached hydrogens (tertiary/aromatic N) is 1. The summed E-state index contributed by atoms with van der Waals surface area (Å²) in [6, 6.07) is -1.00. The van der Waals surface area contributed by atoms with Crippen LogP contribution >= 0.6 is 0 Å². The van der Waals surface area contributed by atoms with Gasteiger partial charge in [-0.3, -0.25) is 4.79 Å². The molecule has 8 heteroatoms. The molecule has 0 spiro atoms. The molecule has 2 atom stereocenters. The molecule has 3 N–H and O–H groups in total. The molecule has 132 valence electrons. The zero-order chi connectivity index (χ0) is 17.6. The van der Waals surface area contributed by atoms with Crippen molar-refractivity contribution in [2.45, 2.75) is 58.2 Å². The average molecular weight is 328 g/mol. The maximum atomic E-state index is 12.5. The van der Waals surface area contributed by atoms with E-state index in [0.29, 0.717) is 13.1 Å². The quantitative estimate of drug-likeness (QED) is 0.711. The van der Waals surface area contributed by atoms with Crippen LogP contribution < -0.4 is 16.0 Å². The third-order valence-corrected chi connectivity index (χ3v) is 3.49. The number of nitrogens with one attached hydrogen (secondary N) is 3. The second kappa shape index (κ2) is 8.03. The first-order valence-corrected chi connectivity index (χ1v) is 7.89. The van der Waals surface area contributed by atoms with Crippen molar-refractivity contribution >= 4 is 18.0 Å². The normalized spacial score (nSPS) is 19.0. The summed E-state index contributed by atoms with van der Waals surface area (Å²) in [5.74, 6) is -0.169. The highest BCUT2D eigenvalue weighted by Crippen LogP contribution is 2.18. The van der Waals surface area contributed by atoms with Crippen LogP contribution in [-0.2, 0) is 9.53 Å². The van der Waals surface area contributed by atoms with E-state index in [2.05, 4.69) is 16.0 Å². The van der Waals surface area contributed by atoms with Crippen molar-refractivity contribution in [3.05, 3.63) is 0 Å². The van der Waals surface area contributed by atoms with Crippen LogP contribution in [0.2, 0.25) is 0 Å². The average Bonchev–Trinajstić information content (AvgIpc) is 2.89. The van der Waals surface area contributed by atoms with Crippen LogP contribution in [0.25, 0.3) is 0 Å². The lowest BCUT2D eigenvalue weighted by Gasteiger charge is -2.28. The Labute approximate surface area is 137 Å². The van der Waals surface area contributed by atoms with Gasteiger partial charge in [0.15, 0.2) is 0 Å². The summed E-state index contributed by atoms with van der Waals surface area (Å²) in [4.78, 5) is 37.2. The van der Waals surface area contributed by atoms with Crippen LogP contribution in [0.3, 0.4) is 0 Å². The minimum absolute atomic E-state index is 0.0531. The summed E-state index contributed by atoms with van der Waals surface area (Å²) in [6.07, 6.45) is 1.09. The Balaban J connectivity index is 2.53. The largest absolute Gasteiger partial charge is 0.444 e. The zero-order valence-corrected chi connectivity index (χ0v) is 14.6. The second-order valence-electron chi connectivity index (χ2n) is 6.66. The molecule has 0 aromatic rings. The van der Waals surface area contributed by atoms with E-state index in [1.165, 1.54) is 0 Å². The number of alkyl carbamates (subject to hydrolysis) is 1. The molecular formula is C15H28N4O4. The van der Waals surface area contributed by atoms with E-state index in [0.717, 1.165) is 12.8 Å². The highest BCUT2D eigenvalue weighted by atomic mass is 16.6. The fourth-order valence-corrected chi connectivity index (χ4v) is 2.43. The monoisotopic (exact) mass is 328 g/mol. The van der Waals surface area contributed by atoms with Gasteiger partial charge < -0.3 is 25.6 Å². The van der Waals surface area contributed by atoms with Crippen molar-refractivity contribution in [3.8, 4) is 0 Å². The van der Waals surface area contributed by atoms with Gasteiger partial charge in [-0.25, -0.2) is 9.59 Å². The van der Waals surface area contributed by atoms with Gasteiger partial charge in [-0.1, -0.05) is 0 Å². The van der Waals surface area contributed by atoms with Gasteiger partial charge in [-0.05, 0) is 40.5 Å². The summed E-state index contributed by atoms with van der Waals surface area (Å²) < 4.78 is 5.16. The minimum atomic E-state index is -0.676. The second-order valence-corrected chi connectivity index (χ2v) is 6.66. The van der Waals surface area contributed by atoms with Crippen molar-refractivity contribution < 1.29 is 19.1 Å². The van der Waals surface area contributed by atoms with E-state index in [1.807, 2.05) is 0 Å². The molecule has 0 aromatic heterocycles. The zero-order valence-electron chi connectivity index (χ0n) is 14.6. The Bertz CT molecular complexity index is 447. The number of carbonyl (C=O) groups excluding carboxylic acids is 3. The molecule has 1 heterocycles. The van der Waals surface area contributed by atoms with E-state index < -0.39 is 17.7 Å². The smallest absolute Gasteiger partial charge is 0.408 e. The predicted octanol–water partition coefficient (Wildman–Crippen LogP) is 0.820. The van der Waals surface area contributed by atoms with Crippen LogP contribution in [-0.4, -0.2) is 60.8 Å². The molecule has 8 nitrogen and oxygen atoms in total. The van der Waals surface area contributed by atoms with E-state index in [-0.39, 0.29) is 18.0 Å². The topological polar surface area (TPSA) is 99.8 Å². The highest BCUT2D eigenvalue weighted by molar-refractivity contribution is 5.86. The molecule has 0 aromatic carbocycles. The van der Waals surface area contributed by atoms with Gasteiger partial charge in [-0.2, -0.15) is 0 Å². The molecule has 0 aliphatic carbocycles. The Morgan fingerprint density at radius 3 is 2.52 bits per heavy atom. The van der Waals surface area contributed by atoms with Gasteiger partial charge in [0.2, 0.25) is 5.91 Å². The lowest BCUT2D eigenvalue weighted by atomic mass is 10.2. The van der Waals surface area contributed by atoms with Crippen molar-refractivity contribution in [1.29, 1.82) is 0 Å². The van der Waals surface area contributed by atoms with E-state index in [9.17, 15) is 14.4 Å². The Morgan fingerprint density at radius 1 is 1.30 bits per heavy atom. The van der Waals surface area contributed by atoms with Gasteiger partial charge in [0.25, 0.3) is 0 Å². The number of hydrogen-bond donors (Lipinski definition) is 3. The molecule has 1 fully saturated rings. The van der Waals surface area contributed by atoms with Gasteiger partial charge >= 0.3 is 12.1 Å². The molecule has 0 radical (unpaired) electrons. The third kappa shape index (κ3) is 6.33. The van der Waals surface area contributed by atoms with Gasteiger partial charge in [0.1, 0.15) is 11.6 Å². The van der Waals surface area contributed by atoms with Crippen molar-refractivity contribution in [2.75, 3.05) is 20.1 Å². The SMILES string of the molecule is CNC(=O)NC[C@H]1CCCN1C(=O)[C@H](C)NC(=O)OC(C)(C)C. The van der Waals surface area contributed by atoms with E-state index in [4.69, 9.17) is 4.74 Å². The van der Waals surface area contributed by atoms with Crippen LogP contribution in [0, 0.1) is 0 Å². The van der Waals surface area contributed by atoms with E-state index in [1.54, 1.807) is 39.6 Å². The molecule has 4 amide bonds. The first-order chi connectivity index (χ1) is 10.6. The van der Waals surface area contributed by atoms with Gasteiger partial charge in [-0.15, -0.1) is 0 Å². The molecule has 0 unspecified atom stereocenters. The third-order valence-electron chi connectivity index (χ3n) is 3.49. The lowest BCUT2D eigenvalue weighted by molar-refractivity contribution is -0.133. The standard InChI is InChI=1S/C15H28N4O4/c1-10(18-14(22)23-15(2,3)4)12(20)19-8-6-7-11(19)9-17-13(21)16-5/h10-11H,6-9H2,1-5H3,(H,18,22)(H2,16,17,21)/t10-,11+/m0/s1. The summed E-state index contributed by atoms with van der Waals surface area (Å²) in [5.41, 5.74) is -0.611. The molecule has 0 bridgehead atoms. The maximum Gasteiger partial charge on any atom is 0.408 e. The van der Waals surface area contributed by atoms with Crippen LogP contribution in [0.15, 0.2) is 0 Å². The van der Waals surface area contributed by atoms with Crippen LogP contribution in [0.4, 0.5) is 9.59 Å². The molecule has 0 saturated carbocycles. The number of amides is 4. The van der Waals surface area contributed by atoms with Crippen molar-refractivity contribution in [3.63, 3.8) is 0 Å². The first kappa shape index (κ1) is 19.1. The summed E-state index contributed by atoms with van der Waals surface area (Å²) in [6.45, 7) is 7.94. The molecule has 1 aliphatic rings. The molecule has 23 heavy (non-hydrogen) atoms. The summed E-state index contributed by atoms with van der Waals surface area (Å²) >= 11 is 0.